The summed E-state index contributed by atoms with van der Waals surface area (Å²) in [6, 6.07) is 10.7. The van der Waals surface area contributed by atoms with Crippen LogP contribution in [-0.2, 0) is 12.8 Å². The summed E-state index contributed by atoms with van der Waals surface area (Å²) < 4.78 is 0. The predicted octanol–water partition coefficient (Wildman–Crippen LogP) is 4.77. The van der Waals surface area contributed by atoms with Crippen LogP contribution in [0.5, 0.6) is 0 Å². The molecule has 0 fully saturated rings. The average Bonchev–Trinajstić information content (AvgIpc) is 3.16. The number of rotatable bonds is 6. The molecule has 0 radical (unpaired) electrons. The Bertz CT molecular complexity index is 874. The van der Waals surface area contributed by atoms with Crippen molar-refractivity contribution in [1.82, 2.24) is 9.97 Å². The summed E-state index contributed by atoms with van der Waals surface area (Å²) in [4.78, 5) is 21.5. The van der Waals surface area contributed by atoms with E-state index in [1.807, 2.05) is 17.5 Å². The number of aromatic carboxylic acids is 1. The molecular weight excluding hydrogens is 334 g/mol. The fourth-order valence-corrected chi connectivity index (χ4v) is 3.30. The molecule has 0 aliphatic rings. The maximum atomic E-state index is 11.0. The molecule has 2 aromatic heterocycles. The van der Waals surface area contributed by atoms with Gasteiger partial charge < -0.3 is 10.4 Å². The first-order chi connectivity index (χ1) is 12.1. The molecule has 0 atom stereocenters. The molecule has 0 unspecified atom stereocenters. The first kappa shape index (κ1) is 17.1. The molecule has 3 aromatic rings. The molecule has 0 amide bonds. The molecule has 25 heavy (non-hydrogen) atoms. The Labute approximate surface area is 150 Å². The third-order valence-electron chi connectivity index (χ3n) is 3.92. The molecule has 0 aliphatic heterocycles. The highest BCUT2D eigenvalue weighted by Crippen LogP contribution is 2.28. The highest BCUT2D eigenvalue weighted by molar-refractivity contribution is 7.13. The van der Waals surface area contributed by atoms with Gasteiger partial charge in [0.05, 0.1) is 10.4 Å². The van der Waals surface area contributed by atoms with Gasteiger partial charge in [-0.15, -0.1) is 11.3 Å². The fourth-order valence-electron chi connectivity index (χ4n) is 2.65. The minimum Gasteiger partial charge on any atom is -0.478 e. The second-order valence-electron chi connectivity index (χ2n) is 5.51. The maximum Gasteiger partial charge on any atom is 0.335 e. The van der Waals surface area contributed by atoms with Crippen LogP contribution >= 0.6 is 11.3 Å². The van der Waals surface area contributed by atoms with Gasteiger partial charge >= 0.3 is 5.97 Å². The molecule has 5 nitrogen and oxygen atoms in total. The second kappa shape index (κ2) is 7.44. The van der Waals surface area contributed by atoms with Gasteiger partial charge in [0.25, 0.3) is 0 Å². The Morgan fingerprint density at radius 3 is 2.44 bits per heavy atom. The SMILES string of the molecule is CCc1nc(-c2cccs2)nc(Nc2ccc(C(=O)O)cc2)c1CC. The molecule has 3 rings (SSSR count). The van der Waals surface area contributed by atoms with E-state index in [1.54, 1.807) is 35.6 Å². The lowest BCUT2D eigenvalue weighted by Crippen LogP contribution is -2.07. The van der Waals surface area contributed by atoms with Crippen molar-refractivity contribution in [1.29, 1.82) is 0 Å². The lowest BCUT2D eigenvalue weighted by molar-refractivity contribution is 0.0697. The number of thiophene rings is 1. The monoisotopic (exact) mass is 353 g/mol. The van der Waals surface area contributed by atoms with Gasteiger partial charge in [-0.25, -0.2) is 14.8 Å². The Morgan fingerprint density at radius 2 is 1.88 bits per heavy atom. The summed E-state index contributed by atoms with van der Waals surface area (Å²) in [5, 5.41) is 14.4. The van der Waals surface area contributed by atoms with Crippen molar-refractivity contribution in [2.75, 3.05) is 5.32 Å². The van der Waals surface area contributed by atoms with Crippen LogP contribution in [0.15, 0.2) is 41.8 Å². The van der Waals surface area contributed by atoms with Crippen molar-refractivity contribution in [2.24, 2.45) is 0 Å². The molecule has 0 saturated carbocycles. The Morgan fingerprint density at radius 1 is 1.12 bits per heavy atom. The number of carboxylic acid groups (broad SMARTS) is 1. The van der Waals surface area contributed by atoms with E-state index in [-0.39, 0.29) is 5.56 Å². The van der Waals surface area contributed by atoms with Crippen LogP contribution in [-0.4, -0.2) is 21.0 Å². The van der Waals surface area contributed by atoms with E-state index in [2.05, 4.69) is 19.2 Å². The standard InChI is InChI=1S/C19H19N3O2S/c1-3-14-15(4-2)21-18(16-6-5-11-25-16)22-17(14)20-13-9-7-12(8-10-13)19(23)24/h5-11H,3-4H2,1-2H3,(H,23,24)(H,20,21,22). The van der Waals surface area contributed by atoms with Crippen LogP contribution in [0.1, 0.15) is 35.5 Å². The highest BCUT2D eigenvalue weighted by Gasteiger charge is 2.14. The van der Waals surface area contributed by atoms with Crippen LogP contribution in [0, 0.1) is 0 Å². The second-order valence-corrected chi connectivity index (χ2v) is 6.46. The van der Waals surface area contributed by atoms with Gasteiger partial charge in [-0.05, 0) is 48.6 Å². The number of nitrogens with zero attached hydrogens (tertiary/aromatic N) is 2. The molecule has 0 bridgehead atoms. The molecule has 128 valence electrons. The van der Waals surface area contributed by atoms with Crippen LogP contribution in [0.3, 0.4) is 0 Å². The first-order valence-electron chi connectivity index (χ1n) is 8.16. The maximum absolute atomic E-state index is 11.0. The number of aromatic nitrogens is 2. The number of benzene rings is 1. The van der Waals surface area contributed by atoms with Gasteiger partial charge in [0, 0.05) is 16.9 Å². The van der Waals surface area contributed by atoms with Crippen LogP contribution < -0.4 is 5.32 Å². The third kappa shape index (κ3) is 3.69. The van der Waals surface area contributed by atoms with Crippen molar-refractivity contribution in [2.45, 2.75) is 26.7 Å². The molecule has 0 spiro atoms. The Kier molecular flexibility index (Phi) is 5.09. The van der Waals surface area contributed by atoms with Crippen molar-refractivity contribution < 1.29 is 9.90 Å². The molecular formula is C19H19N3O2S. The molecule has 1 aromatic carbocycles. The van der Waals surface area contributed by atoms with E-state index in [0.29, 0.717) is 5.82 Å². The normalized spacial score (nSPS) is 10.6. The Hall–Kier alpha value is -2.73. The molecule has 0 saturated heterocycles. The quantitative estimate of drug-likeness (QED) is 0.667. The van der Waals surface area contributed by atoms with E-state index in [4.69, 9.17) is 15.1 Å². The van der Waals surface area contributed by atoms with Gasteiger partial charge in [-0.2, -0.15) is 0 Å². The van der Waals surface area contributed by atoms with Gasteiger partial charge in [-0.3, -0.25) is 0 Å². The van der Waals surface area contributed by atoms with Gasteiger partial charge in [0.1, 0.15) is 5.82 Å². The number of hydrogen-bond donors (Lipinski definition) is 2. The van der Waals surface area contributed by atoms with Gasteiger partial charge in [-0.1, -0.05) is 19.9 Å². The topological polar surface area (TPSA) is 75.1 Å². The minimum atomic E-state index is -0.934. The zero-order chi connectivity index (χ0) is 17.8. The van der Waals surface area contributed by atoms with Crippen molar-refractivity contribution in [3.8, 4) is 10.7 Å². The van der Waals surface area contributed by atoms with Gasteiger partial charge in [0.2, 0.25) is 0 Å². The summed E-state index contributed by atoms with van der Waals surface area (Å²) in [7, 11) is 0. The highest BCUT2D eigenvalue weighted by atomic mass is 32.1. The minimum absolute atomic E-state index is 0.262. The number of hydrogen-bond acceptors (Lipinski definition) is 5. The number of aryl methyl sites for hydroxylation is 1. The summed E-state index contributed by atoms with van der Waals surface area (Å²) in [5.41, 5.74) is 3.19. The zero-order valence-corrected chi connectivity index (χ0v) is 14.9. The summed E-state index contributed by atoms with van der Waals surface area (Å²) in [6.07, 6.45) is 1.65. The summed E-state index contributed by atoms with van der Waals surface area (Å²) in [5.74, 6) is 0.561. The Balaban J connectivity index is 2.01. The molecule has 0 aliphatic carbocycles. The predicted molar refractivity (Wildman–Crippen MR) is 101 cm³/mol. The summed E-state index contributed by atoms with van der Waals surface area (Å²) in [6.45, 7) is 4.17. The van der Waals surface area contributed by atoms with E-state index in [9.17, 15) is 4.79 Å². The molecule has 2 heterocycles. The number of carboxylic acids is 1. The number of nitrogens with one attached hydrogen (secondary N) is 1. The van der Waals surface area contributed by atoms with E-state index < -0.39 is 5.97 Å². The molecule has 6 heteroatoms. The third-order valence-corrected chi connectivity index (χ3v) is 4.78. The zero-order valence-electron chi connectivity index (χ0n) is 14.1. The van der Waals surface area contributed by atoms with Crippen molar-refractivity contribution in [3.05, 3.63) is 58.6 Å². The largest absolute Gasteiger partial charge is 0.478 e. The number of carbonyl (C=O) groups is 1. The van der Waals surface area contributed by atoms with Crippen LogP contribution in [0.4, 0.5) is 11.5 Å². The number of anilines is 2. The summed E-state index contributed by atoms with van der Waals surface area (Å²) >= 11 is 1.61. The lowest BCUT2D eigenvalue weighted by Gasteiger charge is -2.15. The van der Waals surface area contributed by atoms with Crippen molar-refractivity contribution in [3.63, 3.8) is 0 Å². The van der Waals surface area contributed by atoms with Crippen LogP contribution in [0.25, 0.3) is 10.7 Å². The van der Waals surface area contributed by atoms with E-state index in [1.165, 1.54) is 0 Å². The van der Waals surface area contributed by atoms with Crippen molar-refractivity contribution >= 4 is 28.8 Å². The van der Waals surface area contributed by atoms with Gasteiger partial charge in [0.15, 0.2) is 5.82 Å². The van der Waals surface area contributed by atoms with Crippen LogP contribution in [0.2, 0.25) is 0 Å². The lowest BCUT2D eigenvalue weighted by atomic mass is 10.1. The first-order valence-corrected chi connectivity index (χ1v) is 9.04. The molecule has 2 N–H and O–H groups in total. The smallest absolute Gasteiger partial charge is 0.335 e. The fraction of sp³-hybridized carbons (Fsp3) is 0.211. The van der Waals surface area contributed by atoms with E-state index in [0.717, 1.165) is 40.5 Å². The van der Waals surface area contributed by atoms with E-state index >= 15 is 0 Å². The average molecular weight is 353 g/mol.